The maximum Gasteiger partial charge on any atom is 0.0940 e. The van der Waals surface area contributed by atoms with Crippen LogP contribution in [-0.2, 0) is 12.8 Å². The summed E-state index contributed by atoms with van der Waals surface area (Å²) in [6.45, 7) is 3.28. The van der Waals surface area contributed by atoms with E-state index in [9.17, 15) is 0 Å². The predicted octanol–water partition coefficient (Wildman–Crippen LogP) is 2.73. The first kappa shape index (κ1) is 12.4. The molecule has 0 bridgehead atoms. The summed E-state index contributed by atoms with van der Waals surface area (Å²) in [5.41, 5.74) is 0. The van der Waals surface area contributed by atoms with Crippen LogP contribution in [0.5, 0.6) is 0 Å². The number of nitrogens with zero attached hydrogens (tertiary/aromatic N) is 1. The summed E-state index contributed by atoms with van der Waals surface area (Å²) in [6.07, 6.45) is 6.90. The van der Waals surface area contributed by atoms with Crippen molar-refractivity contribution in [3.63, 3.8) is 0 Å². The van der Waals surface area contributed by atoms with Crippen LogP contribution >= 0.6 is 23.1 Å². The Bertz CT molecular complexity index is 306. The van der Waals surface area contributed by atoms with E-state index in [1.165, 1.54) is 34.2 Å². The lowest BCUT2D eigenvalue weighted by Crippen LogP contribution is -2.33. The molecule has 0 aromatic carbocycles. The number of aromatic nitrogens is 1. The van der Waals surface area contributed by atoms with Crippen molar-refractivity contribution in [3.8, 4) is 0 Å². The zero-order valence-corrected chi connectivity index (χ0v) is 11.5. The van der Waals surface area contributed by atoms with E-state index in [1.807, 2.05) is 17.5 Å². The lowest BCUT2D eigenvalue weighted by Gasteiger charge is -2.22. The molecule has 1 aromatic rings. The van der Waals surface area contributed by atoms with Crippen molar-refractivity contribution in [1.82, 2.24) is 10.3 Å². The van der Waals surface area contributed by atoms with E-state index >= 15 is 0 Å². The molecule has 1 aliphatic rings. The van der Waals surface area contributed by atoms with E-state index in [2.05, 4.69) is 29.0 Å². The molecule has 0 unspecified atom stereocenters. The summed E-state index contributed by atoms with van der Waals surface area (Å²) >= 11 is 3.95. The molecule has 2 nitrogen and oxygen atoms in total. The van der Waals surface area contributed by atoms with E-state index in [-0.39, 0.29) is 0 Å². The van der Waals surface area contributed by atoms with Crippen molar-refractivity contribution in [2.45, 2.75) is 38.6 Å². The molecule has 0 aliphatic carbocycles. The van der Waals surface area contributed by atoms with Gasteiger partial charge >= 0.3 is 0 Å². The Morgan fingerprint density at radius 1 is 1.44 bits per heavy atom. The largest absolute Gasteiger partial charge is 0.314 e. The van der Waals surface area contributed by atoms with Gasteiger partial charge in [-0.3, -0.25) is 0 Å². The average Bonchev–Trinajstić information content (AvgIpc) is 2.78. The number of rotatable bonds is 5. The summed E-state index contributed by atoms with van der Waals surface area (Å²) in [4.78, 5) is 5.85. The van der Waals surface area contributed by atoms with Crippen LogP contribution in [0.15, 0.2) is 6.20 Å². The highest BCUT2D eigenvalue weighted by atomic mass is 32.2. The summed E-state index contributed by atoms with van der Waals surface area (Å²) in [5, 5.41) is 4.94. The van der Waals surface area contributed by atoms with Crippen molar-refractivity contribution >= 4 is 23.1 Å². The molecule has 2 heterocycles. The molecule has 16 heavy (non-hydrogen) atoms. The van der Waals surface area contributed by atoms with Crippen molar-refractivity contribution in [2.24, 2.45) is 0 Å². The zero-order valence-electron chi connectivity index (χ0n) is 9.87. The highest BCUT2D eigenvalue weighted by Gasteiger charge is 2.12. The fourth-order valence-corrected chi connectivity index (χ4v) is 3.88. The Balaban J connectivity index is 1.66. The van der Waals surface area contributed by atoms with Gasteiger partial charge in [0.05, 0.1) is 5.01 Å². The lowest BCUT2D eigenvalue weighted by molar-refractivity contribution is 0.486. The van der Waals surface area contributed by atoms with Crippen LogP contribution in [0.3, 0.4) is 0 Å². The molecule has 0 saturated carbocycles. The first-order valence-electron chi connectivity index (χ1n) is 6.13. The molecule has 0 spiro atoms. The van der Waals surface area contributed by atoms with Crippen LogP contribution in [0.2, 0.25) is 0 Å². The predicted molar refractivity (Wildman–Crippen MR) is 73.5 cm³/mol. The van der Waals surface area contributed by atoms with Gasteiger partial charge in [0.1, 0.15) is 0 Å². The quantitative estimate of drug-likeness (QED) is 0.877. The van der Waals surface area contributed by atoms with Crippen molar-refractivity contribution in [2.75, 3.05) is 18.1 Å². The van der Waals surface area contributed by atoms with E-state index in [1.54, 1.807) is 0 Å². The van der Waals surface area contributed by atoms with Crippen LogP contribution in [0.25, 0.3) is 0 Å². The average molecular weight is 256 g/mol. The standard InChI is InChI=1S/C12H20N2S2/c1-2-11-9-14-12(16-11)3-6-13-10-4-7-15-8-5-10/h9-10,13H,2-8H2,1H3. The van der Waals surface area contributed by atoms with Crippen molar-refractivity contribution in [1.29, 1.82) is 0 Å². The van der Waals surface area contributed by atoms with Crippen molar-refractivity contribution in [3.05, 3.63) is 16.1 Å². The van der Waals surface area contributed by atoms with Gasteiger partial charge in [-0.05, 0) is 30.8 Å². The van der Waals surface area contributed by atoms with E-state index in [0.29, 0.717) is 0 Å². The fourth-order valence-electron chi connectivity index (χ4n) is 1.91. The maximum atomic E-state index is 4.44. The molecule has 90 valence electrons. The third kappa shape index (κ3) is 3.75. The molecule has 1 aromatic heterocycles. The molecular weight excluding hydrogens is 236 g/mol. The number of aryl methyl sites for hydroxylation is 1. The highest BCUT2D eigenvalue weighted by Crippen LogP contribution is 2.17. The van der Waals surface area contributed by atoms with Crippen molar-refractivity contribution < 1.29 is 0 Å². The number of thioether (sulfide) groups is 1. The van der Waals surface area contributed by atoms with Gasteiger partial charge in [-0.25, -0.2) is 4.98 Å². The minimum atomic E-state index is 0.756. The second kappa shape index (κ2) is 6.62. The van der Waals surface area contributed by atoms with Gasteiger partial charge in [0.25, 0.3) is 0 Å². The van der Waals surface area contributed by atoms with Crippen LogP contribution in [0.1, 0.15) is 29.7 Å². The van der Waals surface area contributed by atoms with Gasteiger partial charge in [-0.2, -0.15) is 11.8 Å². The minimum absolute atomic E-state index is 0.756. The number of hydrogen-bond donors (Lipinski definition) is 1. The Morgan fingerprint density at radius 2 is 2.25 bits per heavy atom. The minimum Gasteiger partial charge on any atom is -0.314 e. The normalized spacial score (nSPS) is 17.8. The number of nitrogens with one attached hydrogen (secondary N) is 1. The van der Waals surface area contributed by atoms with Gasteiger partial charge in [-0.1, -0.05) is 6.92 Å². The summed E-state index contributed by atoms with van der Waals surface area (Å²) in [7, 11) is 0. The van der Waals surface area contributed by atoms with E-state index in [0.717, 1.165) is 25.4 Å². The van der Waals surface area contributed by atoms with Gasteiger partial charge in [-0.15, -0.1) is 11.3 Å². The highest BCUT2D eigenvalue weighted by molar-refractivity contribution is 7.99. The van der Waals surface area contributed by atoms with Crippen LogP contribution in [0, 0.1) is 0 Å². The van der Waals surface area contributed by atoms with Gasteiger partial charge < -0.3 is 5.32 Å². The second-order valence-electron chi connectivity index (χ2n) is 4.16. The van der Waals surface area contributed by atoms with Crippen LogP contribution in [0.4, 0.5) is 0 Å². The molecule has 0 atom stereocenters. The SMILES string of the molecule is CCc1cnc(CCNC2CCSCC2)s1. The lowest BCUT2D eigenvalue weighted by atomic mass is 10.1. The molecule has 1 saturated heterocycles. The topological polar surface area (TPSA) is 24.9 Å². The maximum absolute atomic E-state index is 4.44. The van der Waals surface area contributed by atoms with Gasteiger partial charge in [0, 0.05) is 30.1 Å². The first-order valence-corrected chi connectivity index (χ1v) is 8.10. The van der Waals surface area contributed by atoms with Crippen LogP contribution in [-0.4, -0.2) is 29.1 Å². The molecule has 1 fully saturated rings. The van der Waals surface area contributed by atoms with E-state index in [4.69, 9.17) is 0 Å². The monoisotopic (exact) mass is 256 g/mol. The fraction of sp³-hybridized carbons (Fsp3) is 0.750. The Kier molecular flexibility index (Phi) is 5.13. The first-order chi connectivity index (χ1) is 7.88. The van der Waals surface area contributed by atoms with Gasteiger partial charge in [0.15, 0.2) is 0 Å². The molecule has 0 radical (unpaired) electrons. The van der Waals surface area contributed by atoms with Crippen LogP contribution < -0.4 is 5.32 Å². The van der Waals surface area contributed by atoms with E-state index < -0.39 is 0 Å². The third-order valence-electron chi connectivity index (χ3n) is 2.94. The molecule has 0 amide bonds. The molecule has 4 heteroatoms. The summed E-state index contributed by atoms with van der Waals surface area (Å²) < 4.78 is 0. The molecular formula is C12H20N2S2. The van der Waals surface area contributed by atoms with Gasteiger partial charge in [0.2, 0.25) is 0 Å². The number of thiazole rings is 1. The molecule has 2 rings (SSSR count). The third-order valence-corrected chi connectivity index (χ3v) is 5.19. The Hall–Kier alpha value is -0.0600. The Morgan fingerprint density at radius 3 is 2.94 bits per heavy atom. The number of hydrogen-bond acceptors (Lipinski definition) is 4. The smallest absolute Gasteiger partial charge is 0.0940 e. The zero-order chi connectivity index (χ0) is 11.2. The summed E-state index contributed by atoms with van der Waals surface area (Å²) in [6, 6.07) is 0.756. The molecule has 1 N–H and O–H groups in total. The molecule has 1 aliphatic heterocycles. The Labute approximate surface area is 106 Å². The second-order valence-corrected chi connectivity index (χ2v) is 6.59. The summed E-state index contributed by atoms with van der Waals surface area (Å²) in [5.74, 6) is 2.66.